The van der Waals surface area contributed by atoms with Crippen LogP contribution in [0.15, 0.2) is 55.1 Å². The first-order chi connectivity index (χ1) is 8.69. The van der Waals surface area contributed by atoms with Gasteiger partial charge in [-0.2, -0.15) is 0 Å². The van der Waals surface area contributed by atoms with Crippen molar-refractivity contribution in [1.29, 1.82) is 0 Å². The predicted octanol–water partition coefficient (Wildman–Crippen LogP) is 3.93. The molecular weight excluding hydrogens is 246 g/mol. The summed E-state index contributed by atoms with van der Waals surface area (Å²) >= 11 is 5.89. The van der Waals surface area contributed by atoms with Crippen LogP contribution in [0.25, 0.3) is 11.1 Å². The molecular formula is C15H11ClNO. The predicted molar refractivity (Wildman–Crippen MR) is 74.6 cm³/mol. The molecule has 0 aromatic heterocycles. The second kappa shape index (κ2) is 5.52. The fourth-order valence-corrected chi connectivity index (χ4v) is 1.74. The molecule has 0 heterocycles. The average Bonchev–Trinajstić information content (AvgIpc) is 2.39. The third kappa shape index (κ3) is 2.99. The molecule has 1 N–H and O–H groups in total. The molecule has 0 spiro atoms. The van der Waals surface area contributed by atoms with Gasteiger partial charge in [-0.25, -0.2) is 0 Å². The molecule has 3 heteroatoms. The van der Waals surface area contributed by atoms with E-state index in [1.54, 1.807) is 6.07 Å². The summed E-state index contributed by atoms with van der Waals surface area (Å²) in [4.78, 5) is 11.1. The molecule has 0 aliphatic rings. The number of anilines is 1. The molecule has 0 saturated heterocycles. The third-order valence-corrected chi connectivity index (χ3v) is 2.66. The Morgan fingerprint density at radius 2 is 1.94 bits per heavy atom. The van der Waals surface area contributed by atoms with Gasteiger partial charge in [0.2, 0.25) is 5.91 Å². The van der Waals surface area contributed by atoms with Gasteiger partial charge in [-0.15, -0.1) is 0 Å². The van der Waals surface area contributed by atoms with E-state index in [1.165, 1.54) is 6.08 Å². The number of halogens is 1. The van der Waals surface area contributed by atoms with Crippen LogP contribution in [0.3, 0.4) is 0 Å². The fourth-order valence-electron chi connectivity index (χ4n) is 1.56. The third-order valence-electron chi connectivity index (χ3n) is 2.44. The largest absolute Gasteiger partial charge is 0.323 e. The molecule has 2 rings (SSSR count). The van der Waals surface area contributed by atoms with Gasteiger partial charge < -0.3 is 5.32 Å². The molecule has 0 aliphatic carbocycles. The zero-order valence-corrected chi connectivity index (χ0v) is 10.4. The van der Waals surface area contributed by atoms with Crippen molar-refractivity contribution >= 4 is 23.2 Å². The molecule has 2 nitrogen and oxygen atoms in total. The van der Waals surface area contributed by atoms with E-state index in [2.05, 4.69) is 18.0 Å². The van der Waals surface area contributed by atoms with Gasteiger partial charge in [0.15, 0.2) is 0 Å². The van der Waals surface area contributed by atoms with Crippen LogP contribution in [-0.2, 0) is 4.79 Å². The summed E-state index contributed by atoms with van der Waals surface area (Å²) in [5.74, 6) is -0.222. The van der Waals surface area contributed by atoms with Crippen molar-refractivity contribution in [1.82, 2.24) is 0 Å². The lowest BCUT2D eigenvalue weighted by Crippen LogP contribution is -2.06. The van der Waals surface area contributed by atoms with Gasteiger partial charge in [0, 0.05) is 16.8 Å². The number of rotatable bonds is 3. The smallest absolute Gasteiger partial charge is 0.247 e. The Balaban J connectivity index is 2.22. The molecule has 0 unspecified atom stereocenters. The molecule has 1 amide bonds. The van der Waals surface area contributed by atoms with Crippen LogP contribution in [0.1, 0.15) is 0 Å². The first-order valence-corrected chi connectivity index (χ1v) is 5.78. The number of benzene rings is 2. The van der Waals surface area contributed by atoms with Crippen LogP contribution in [0.4, 0.5) is 5.69 Å². The summed E-state index contributed by atoms with van der Waals surface area (Å²) < 4.78 is 0. The first kappa shape index (κ1) is 12.4. The number of hydrogen-bond donors (Lipinski definition) is 1. The van der Waals surface area contributed by atoms with E-state index in [0.29, 0.717) is 5.02 Å². The lowest BCUT2D eigenvalue weighted by atomic mass is 10.1. The van der Waals surface area contributed by atoms with Gasteiger partial charge in [-0.05, 0) is 35.4 Å². The minimum absolute atomic E-state index is 0.222. The zero-order chi connectivity index (χ0) is 13.0. The van der Waals surface area contributed by atoms with Crippen LogP contribution in [0.2, 0.25) is 5.02 Å². The zero-order valence-electron chi connectivity index (χ0n) is 9.61. The highest BCUT2D eigenvalue weighted by molar-refractivity contribution is 6.30. The Kier molecular flexibility index (Phi) is 3.80. The maximum atomic E-state index is 11.1. The van der Waals surface area contributed by atoms with Crippen molar-refractivity contribution in [3.63, 3.8) is 0 Å². The molecule has 2 aromatic rings. The number of hydrogen-bond acceptors (Lipinski definition) is 1. The minimum atomic E-state index is -0.222. The van der Waals surface area contributed by atoms with E-state index >= 15 is 0 Å². The van der Waals surface area contributed by atoms with Gasteiger partial charge in [-0.3, -0.25) is 4.79 Å². The van der Waals surface area contributed by atoms with E-state index in [4.69, 9.17) is 11.6 Å². The average molecular weight is 257 g/mol. The second-order valence-corrected chi connectivity index (χ2v) is 4.10. The Labute approximate surface area is 111 Å². The summed E-state index contributed by atoms with van der Waals surface area (Å²) in [7, 11) is 0. The van der Waals surface area contributed by atoms with E-state index < -0.39 is 0 Å². The lowest BCUT2D eigenvalue weighted by Gasteiger charge is -2.05. The van der Waals surface area contributed by atoms with Crippen LogP contribution in [0, 0.1) is 6.07 Å². The van der Waals surface area contributed by atoms with Crippen LogP contribution in [-0.4, -0.2) is 5.91 Å². The van der Waals surface area contributed by atoms with Gasteiger partial charge in [0.05, 0.1) is 0 Å². The molecule has 0 fully saturated rings. The SMILES string of the molecule is C=CC(=O)Nc1ccc(-c2cc[c]c(Cl)c2)cc1. The molecule has 89 valence electrons. The van der Waals surface area contributed by atoms with Crippen molar-refractivity contribution in [3.8, 4) is 11.1 Å². The maximum absolute atomic E-state index is 11.1. The quantitative estimate of drug-likeness (QED) is 0.829. The number of carbonyl (C=O) groups is 1. The highest BCUT2D eigenvalue weighted by Gasteiger charge is 2.00. The Morgan fingerprint density at radius 1 is 1.22 bits per heavy atom. The molecule has 0 aliphatic heterocycles. The molecule has 2 aromatic carbocycles. The lowest BCUT2D eigenvalue weighted by molar-refractivity contribution is -0.111. The van der Waals surface area contributed by atoms with Crippen LogP contribution >= 0.6 is 11.6 Å². The monoisotopic (exact) mass is 256 g/mol. The molecule has 0 saturated carbocycles. The van der Waals surface area contributed by atoms with E-state index in [0.717, 1.165) is 16.8 Å². The van der Waals surface area contributed by atoms with Crippen molar-refractivity contribution in [2.45, 2.75) is 0 Å². The summed E-state index contributed by atoms with van der Waals surface area (Å²) in [6.07, 6.45) is 1.24. The van der Waals surface area contributed by atoms with Crippen molar-refractivity contribution in [2.75, 3.05) is 5.32 Å². The van der Waals surface area contributed by atoms with Crippen LogP contribution in [0.5, 0.6) is 0 Å². The van der Waals surface area contributed by atoms with Crippen molar-refractivity contribution in [2.24, 2.45) is 0 Å². The highest BCUT2D eigenvalue weighted by atomic mass is 35.5. The Bertz CT molecular complexity index is 575. The van der Waals surface area contributed by atoms with Gasteiger partial charge in [0.1, 0.15) is 0 Å². The topological polar surface area (TPSA) is 29.1 Å². The summed E-state index contributed by atoms with van der Waals surface area (Å²) in [6, 6.07) is 16.0. The van der Waals surface area contributed by atoms with Gasteiger partial charge in [0.25, 0.3) is 0 Å². The maximum Gasteiger partial charge on any atom is 0.247 e. The van der Waals surface area contributed by atoms with E-state index in [1.807, 2.05) is 36.4 Å². The standard InChI is InChI=1S/C15H11ClNO/c1-2-15(18)17-14-8-6-11(7-9-14)12-4-3-5-13(16)10-12/h2-4,6-10H,1H2,(H,17,18). The number of amides is 1. The normalized spacial score (nSPS) is 9.83. The Hall–Kier alpha value is -2.06. The van der Waals surface area contributed by atoms with Crippen LogP contribution < -0.4 is 5.32 Å². The molecule has 18 heavy (non-hydrogen) atoms. The fraction of sp³-hybridized carbons (Fsp3) is 0. The summed E-state index contributed by atoms with van der Waals surface area (Å²) in [5, 5.41) is 3.27. The second-order valence-electron chi connectivity index (χ2n) is 3.70. The van der Waals surface area contributed by atoms with E-state index in [9.17, 15) is 4.79 Å². The molecule has 1 radical (unpaired) electrons. The minimum Gasteiger partial charge on any atom is -0.323 e. The number of nitrogens with one attached hydrogen (secondary N) is 1. The van der Waals surface area contributed by atoms with Gasteiger partial charge in [-0.1, -0.05) is 42.4 Å². The summed E-state index contributed by atoms with van der Waals surface area (Å²) in [6.45, 7) is 3.40. The first-order valence-electron chi connectivity index (χ1n) is 5.40. The van der Waals surface area contributed by atoms with E-state index in [-0.39, 0.29) is 5.91 Å². The van der Waals surface area contributed by atoms with Gasteiger partial charge >= 0.3 is 0 Å². The number of carbonyl (C=O) groups excluding carboxylic acids is 1. The highest BCUT2D eigenvalue weighted by Crippen LogP contribution is 2.23. The Morgan fingerprint density at radius 3 is 2.56 bits per heavy atom. The molecule has 0 bridgehead atoms. The van der Waals surface area contributed by atoms with Crippen molar-refractivity contribution < 1.29 is 4.79 Å². The summed E-state index contributed by atoms with van der Waals surface area (Å²) in [5.41, 5.74) is 2.78. The molecule has 0 atom stereocenters. The van der Waals surface area contributed by atoms with Crippen molar-refractivity contribution in [3.05, 3.63) is 66.2 Å².